The normalized spacial score (nSPS) is 19.0. The first kappa shape index (κ1) is 18.9. The zero-order chi connectivity index (χ0) is 17.7. The molecule has 1 aromatic rings. The first-order chi connectivity index (χ1) is 11.3. The lowest BCUT2D eigenvalue weighted by Crippen LogP contribution is -2.46. The zero-order valence-electron chi connectivity index (χ0n) is 14.1. The smallest absolute Gasteiger partial charge is 0.508 e. The summed E-state index contributed by atoms with van der Waals surface area (Å²) >= 11 is 0. The Hall–Kier alpha value is -1.47. The molecule has 0 saturated carbocycles. The van der Waals surface area contributed by atoms with Crippen molar-refractivity contribution in [3.05, 3.63) is 23.8 Å². The largest absolute Gasteiger partial charge is 0.573 e. The molecule has 0 aromatic heterocycles. The quantitative estimate of drug-likeness (QED) is 0.825. The Bertz CT molecular complexity index is 531. The van der Waals surface area contributed by atoms with Crippen molar-refractivity contribution in [3.8, 4) is 11.5 Å². The van der Waals surface area contributed by atoms with Crippen LogP contribution in [0, 0.1) is 5.92 Å². The SMILES string of the molecule is CCCC(C)[C@H](c1cc(OC(F)(F)F)ccc1O)N1CCNCC1. The van der Waals surface area contributed by atoms with Gasteiger partial charge in [-0.3, -0.25) is 4.90 Å². The van der Waals surface area contributed by atoms with Gasteiger partial charge in [0.25, 0.3) is 0 Å². The minimum absolute atomic E-state index is 0.0102. The molecule has 2 N–H and O–H groups in total. The van der Waals surface area contributed by atoms with Gasteiger partial charge in [-0.15, -0.1) is 13.2 Å². The summed E-state index contributed by atoms with van der Waals surface area (Å²) in [6, 6.07) is 3.61. The Morgan fingerprint density at radius 2 is 1.96 bits per heavy atom. The maximum atomic E-state index is 12.5. The molecule has 4 nitrogen and oxygen atoms in total. The first-order valence-electron chi connectivity index (χ1n) is 8.35. The van der Waals surface area contributed by atoms with E-state index in [-0.39, 0.29) is 23.5 Å². The van der Waals surface area contributed by atoms with Gasteiger partial charge in [0.1, 0.15) is 11.5 Å². The summed E-state index contributed by atoms with van der Waals surface area (Å²) in [4.78, 5) is 2.23. The average Bonchev–Trinajstić information content (AvgIpc) is 2.50. The standard InChI is InChI=1S/C17H25F3N2O2/c1-3-4-12(2)16(22-9-7-21-8-10-22)14-11-13(5-6-15(14)23)24-17(18,19)20/h5-6,11-12,16,21,23H,3-4,7-10H2,1-2H3/t12?,16-/m1/s1. The van der Waals surface area contributed by atoms with Crippen molar-refractivity contribution in [3.63, 3.8) is 0 Å². The molecule has 1 heterocycles. The summed E-state index contributed by atoms with van der Waals surface area (Å²) in [6.45, 7) is 7.40. The van der Waals surface area contributed by atoms with Crippen LogP contribution in [-0.4, -0.2) is 42.5 Å². The van der Waals surface area contributed by atoms with E-state index in [0.29, 0.717) is 5.56 Å². The van der Waals surface area contributed by atoms with Crippen molar-refractivity contribution < 1.29 is 23.0 Å². The van der Waals surface area contributed by atoms with Gasteiger partial charge in [-0.2, -0.15) is 0 Å². The van der Waals surface area contributed by atoms with Crippen LogP contribution in [0.1, 0.15) is 38.3 Å². The first-order valence-corrected chi connectivity index (χ1v) is 8.35. The molecule has 1 aliphatic heterocycles. The minimum atomic E-state index is -4.74. The second kappa shape index (κ2) is 8.07. The number of phenols is 1. The van der Waals surface area contributed by atoms with Gasteiger partial charge in [-0.1, -0.05) is 20.3 Å². The monoisotopic (exact) mass is 346 g/mol. The van der Waals surface area contributed by atoms with Gasteiger partial charge in [-0.05, 0) is 30.5 Å². The Morgan fingerprint density at radius 1 is 1.29 bits per heavy atom. The van der Waals surface area contributed by atoms with E-state index in [0.717, 1.165) is 45.1 Å². The van der Waals surface area contributed by atoms with Crippen LogP contribution >= 0.6 is 0 Å². The molecule has 1 saturated heterocycles. The molecule has 7 heteroatoms. The molecule has 1 fully saturated rings. The molecule has 0 aliphatic carbocycles. The molecule has 0 bridgehead atoms. The van der Waals surface area contributed by atoms with Crippen LogP contribution in [-0.2, 0) is 0 Å². The Morgan fingerprint density at radius 3 is 2.54 bits per heavy atom. The molecule has 24 heavy (non-hydrogen) atoms. The molecule has 2 atom stereocenters. The fourth-order valence-electron chi connectivity index (χ4n) is 3.40. The maximum absolute atomic E-state index is 12.5. The van der Waals surface area contributed by atoms with Crippen LogP contribution in [0.2, 0.25) is 0 Å². The van der Waals surface area contributed by atoms with E-state index < -0.39 is 6.36 Å². The number of nitrogens with zero attached hydrogens (tertiary/aromatic N) is 1. The van der Waals surface area contributed by atoms with E-state index in [9.17, 15) is 18.3 Å². The highest BCUT2D eigenvalue weighted by Gasteiger charge is 2.33. The number of halogens is 3. The molecular weight excluding hydrogens is 321 g/mol. The van der Waals surface area contributed by atoms with Gasteiger partial charge in [0.15, 0.2) is 0 Å². The summed E-state index contributed by atoms with van der Waals surface area (Å²) in [6.07, 6.45) is -2.84. The van der Waals surface area contributed by atoms with Crippen molar-refractivity contribution in [1.29, 1.82) is 0 Å². The number of rotatable bonds is 6. The third-order valence-corrected chi connectivity index (χ3v) is 4.38. The van der Waals surface area contributed by atoms with Crippen molar-refractivity contribution in [2.75, 3.05) is 26.2 Å². The van der Waals surface area contributed by atoms with Gasteiger partial charge in [0, 0.05) is 37.8 Å². The number of piperazine rings is 1. The van der Waals surface area contributed by atoms with Gasteiger partial charge >= 0.3 is 6.36 Å². The lowest BCUT2D eigenvalue weighted by molar-refractivity contribution is -0.274. The Labute approximate surface area is 140 Å². The van der Waals surface area contributed by atoms with Gasteiger partial charge in [0.05, 0.1) is 0 Å². The fraction of sp³-hybridized carbons (Fsp3) is 0.647. The van der Waals surface area contributed by atoms with Crippen molar-refractivity contribution in [2.24, 2.45) is 5.92 Å². The molecule has 1 aliphatic rings. The zero-order valence-corrected chi connectivity index (χ0v) is 14.1. The van der Waals surface area contributed by atoms with Crippen LogP contribution in [0.25, 0.3) is 0 Å². The number of hydrogen-bond donors (Lipinski definition) is 2. The van der Waals surface area contributed by atoms with Crippen LogP contribution in [0.3, 0.4) is 0 Å². The third-order valence-electron chi connectivity index (χ3n) is 4.38. The van der Waals surface area contributed by atoms with E-state index in [1.165, 1.54) is 12.1 Å². The predicted molar refractivity (Wildman–Crippen MR) is 86.0 cm³/mol. The maximum Gasteiger partial charge on any atom is 0.573 e. The van der Waals surface area contributed by atoms with E-state index in [1.807, 2.05) is 0 Å². The van der Waals surface area contributed by atoms with E-state index in [1.54, 1.807) is 0 Å². The van der Waals surface area contributed by atoms with Gasteiger partial charge in [-0.25, -0.2) is 0 Å². The molecule has 0 radical (unpaired) electrons. The second-order valence-corrected chi connectivity index (χ2v) is 6.27. The fourth-order valence-corrected chi connectivity index (χ4v) is 3.40. The molecule has 2 rings (SSSR count). The summed E-state index contributed by atoms with van der Waals surface area (Å²) in [7, 11) is 0. The highest BCUT2D eigenvalue weighted by Crippen LogP contribution is 2.39. The van der Waals surface area contributed by atoms with Crippen molar-refractivity contribution >= 4 is 0 Å². The van der Waals surface area contributed by atoms with Crippen LogP contribution < -0.4 is 10.1 Å². The minimum Gasteiger partial charge on any atom is -0.508 e. The summed E-state index contributed by atoms with van der Waals surface area (Å²) < 4.78 is 41.5. The lowest BCUT2D eigenvalue weighted by atomic mass is 9.88. The molecule has 0 amide bonds. The highest BCUT2D eigenvalue weighted by atomic mass is 19.4. The summed E-state index contributed by atoms with van der Waals surface area (Å²) in [5, 5.41) is 13.5. The number of nitrogens with one attached hydrogen (secondary N) is 1. The number of alkyl halides is 3. The Balaban J connectivity index is 2.34. The van der Waals surface area contributed by atoms with Gasteiger partial charge in [0.2, 0.25) is 0 Å². The van der Waals surface area contributed by atoms with Crippen LogP contribution in [0.15, 0.2) is 18.2 Å². The molecule has 1 aromatic carbocycles. The van der Waals surface area contributed by atoms with Crippen molar-refractivity contribution in [1.82, 2.24) is 10.2 Å². The van der Waals surface area contributed by atoms with Crippen LogP contribution in [0.4, 0.5) is 13.2 Å². The number of benzene rings is 1. The van der Waals surface area contributed by atoms with E-state index in [2.05, 4.69) is 28.8 Å². The number of hydrogen-bond acceptors (Lipinski definition) is 4. The molecule has 1 unspecified atom stereocenters. The second-order valence-electron chi connectivity index (χ2n) is 6.27. The molecule has 0 spiro atoms. The predicted octanol–water partition coefficient (Wildman–Crippen LogP) is 3.67. The van der Waals surface area contributed by atoms with Crippen molar-refractivity contribution in [2.45, 2.75) is 39.1 Å². The van der Waals surface area contributed by atoms with Gasteiger partial charge < -0.3 is 15.2 Å². The van der Waals surface area contributed by atoms with E-state index in [4.69, 9.17) is 0 Å². The highest BCUT2D eigenvalue weighted by molar-refractivity contribution is 5.41. The average molecular weight is 346 g/mol. The molecular formula is C17H25F3N2O2. The third kappa shape index (κ3) is 5.01. The Kier molecular flexibility index (Phi) is 6.34. The van der Waals surface area contributed by atoms with E-state index >= 15 is 0 Å². The number of ether oxygens (including phenoxy) is 1. The summed E-state index contributed by atoms with van der Waals surface area (Å²) in [5.41, 5.74) is 0.500. The topological polar surface area (TPSA) is 44.7 Å². The number of aromatic hydroxyl groups is 1. The number of phenolic OH excluding ortho intramolecular Hbond substituents is 1. The summed E-state index contributed by atoms with van der Waals surface area (Å²) in [5.74, 6) is -0.0738. The lowest BCUT2D eigenvalue weighted by Gasteiger charge is -2.39. The molecule has 136 valence electrons. The van der Waals surface area contributed by atoms with Crippen LogP contribution in [0.5, 0.6) is 11.5 Å².